The molecule has 0 aromatic carbocycles. The average Bonchev–Trinajstić information content (AvgIpc) is 3.03. The van der Waals surface area contributed by atoms with Gasteiger partial charge in [0.15, 0.2) is 5.96 Å². The van der Waals surface area contributed by atoms with Gasteiger partial charge in [0, 0.05) is 37.6 Å². The highest BCUT2D eigenvalue weighted by Gasteiger charge is 2.23. The van der Waals surface area contributed by atoms with E-state index in [2.05, 4.69) is 22.5 Å². The first-order valence-corrected chi connectivity index (χ1v) is 10.9. The molecule has 24 heavy (non-hydrogen) atoms. The normalized spacial score (nSPS) is 12.6. The van der Waals surface area contributed by atoms with E-state index >= 15 is 0 Å². The van der Waals surface area contributed by atoms with Crippen LogP contribution in [0.15, 0.2) is 21.3 Å². The van der Waals surface area contributed by atoms with Crippen LogP contribution in [-0.4, -0.2) is 51.4 Å². The van der Waals surface area contributed by atoms with Crippen molar-refractivity contribution in [3.05, 3.63) is 17.0 Å². The molecule has 0 saturated carbocycles. The van der Waals surface area contributed by atoms with Crippen LogP contribution in [0.25, 0.3) is 0 Å². The Labute approximate surface area is 150 Å². The van der Waals surface area contributed by atoms with Crippen molar-refractivity contribution in [1.82, 2.24) is 14.9 Å². The monoisotopic (exact) mass is 374 g/mol. The summed E-state index contributed by atoms with van der Waals surface area (Å²) in [5.74, 6) is 0.812. The lowest BCUT2D eigenvalue weighted by Crippen LogP contribution is -2.38. The summed E-state index contributed by atoms with van der Waals surface area (Å²) in [7, 11) is -3.35. The molecular weight excluding hydrogens is 344 g/mol. The van der Waals surface area contributed by atoms with Crippen molar-refractivity contribution in [2.24, 2.45) is 4.99 Å². The van der Waals surface area contributed by atoms with Crippen LogP contribution in [0.5, 0.6) is 0 Å². The fraction of sp³-hybridized carbons (Fsp3) is 0.688. The third-order valence-corrected chi connectivity index (χ3v) is 7.10. The zero-order valence-corrected chi connectivity index (χ0v) is 16.8. The van der Waals surface area contributed by atoms with Crippen LogP contribution in [-0.2, 0) is 16.4 Å². The summed E-state index contributed by atoms with van der Waals surface area (Å²) in [4.78, 5) is 5.50. The summed E-state index contributed by atoms with van der Waals surface area (Å²) in [5.41, 5.74) is 0. The first-order chi connectivity index (χ1) is 11.5. The Bertz CT molecular complexity index is 607. The van der Waals surface area contributed by atoms with Crippen molar-refractivity contribution in [1.29, 1.82) is 0 Å². The van der Waals surface area contributed by atoms with E-state index in [0.29, 0.717) is 17.3 Å². The second-order valence-corrected chi connectivity index (χ2v) is 8.58. The Kier molecular flexibility index (Phi) is 9.31. The SMILES string of the molecule is CCCN=C(NCC)NCCc1ccc(S(=O)(=O)N(CC)CC)s1. The highest BCUT2D eigenvalue weighted by atomic mass is 32.2. The molecule has 1 heterocycles. The van der Waals surface area contributed by atoms with Crippen molar-refractivity contribution in [2.75, 3.05) is 32.7 Å². The predicted molar refractivity (Wildman–Crippen MR) is 102 cm³/mol. The number of hydrogen-bond acceptors (Lipinski definition) is 4. The molecule has 0 atom stereocenters. The van der Waals surface area contributed by atoms with Crippen LogP contribution in [0.2, 0.25) is 0 Å². The van der Waals surface area contributed by atoms with Crippen molar-refractivity contribution in [3.63, 3.8) is 0 Å². The molecule has 1 aromatic heterocycles. The van der Waals surface area contributed by atoms with Crippen molar-refractivity contribution in [2.45, 2.75) is 44.7 Å². The first kappa shape index (κ1) is 20.9. The maximum Gasteiger partial charge on any atom is 0.252 e. The number of rotatable bonds is 10. The Morgan fingerprint density at radius 2 is 1.88 bits per heavy atom. The maximum atomic E-state index is 12.5. The molecule has 0 saturated heterocycles. The molecular formula is C16H30N4O2S2. The van der Waals surface area contributed by atoms with Crippen LogP contribution in [0, 0.1) is 0 Å². The standard InChI is InChI=1S/C16H30N4O2S2/c1-5-12-18-16(17-6-2)19-13-11-14-9-10-15(23-14)24(21,22)20(7-3)8-4/h9-10H,5-8,11-13H2,1-4H3,(H2,17,18,19). The van der Waals surface area contributed by atoms with E-state index in [1.165, 1.54) is 15.6 Å². The third-order valence-electron chi connectivity index (χ3n) is 3.44. The maximum absolute atomic E-state index is 12.5. The summed E-state index contributed by atoms with van der Waals surface area (Å²) in [5, 5.41) is 6.49. The van der Waals surface area contributed by atoms with E-state index in [0.717, 1.165) is 43.3 Å². The largest absolute Gasteiger partial charge is 0.357 e. The molecule has 0 spiro atoms. The molecule has 0 unspecified atom stereocenters. The van der Waals surface area contributed by atoms with Gasteiger partial charge in [-0.25, -0.2) is 8.42 Å². The minimum Gasteiger partial charge on any atom is -0.357 e. The molecule has 0 aliphatic heterocycles. The lowest BCUT2D eigenvalue weighted by Gasteiger charge is -2.16. The fourth-order valence-corrected chi connectivity index (χ4v) is 5.16. The highest BCUT2D eigenvalue weighted by Crippen LogP contribution is 2.25. The minimum absolute atomic E-state index is 0.424. The quantitative estimate of drug-likeness (QED) is 0.487. The van der Waals surface area contributed by atoms with Crippen LogP contribution in [0.1, 0.15) is 39.0 Å². The van der Waals surface area contributed by atoms with Crippen LogP contribution in [0.3, 0.4) is 0 Å². The molecule has 0 amide bonds. The van der Waals surface area contributed by atoms with Gasteiger partial charge < -0.3 is 10.6 Å². The molecule has 8 heteroatoms. The number of sulfonamides is 1. The van der Waals surface area contributed by atoms with E-state index < -0.39 is 10.0 Å². The summed E-state index contributed by atoms with van der Waals surface area (Å²) < 4.78 is 26.9. The molecule has 138 valence electrons. The molecule has 6 nitrogen and oxygen atoms in total. The third kappa shape index (κ3) is 6.07. The van der Waals surface area contributed by atoms with Gasteiger partial charge in [-0.15, -0.1) is 11.3 Å². The van der Waals surface area contributed by atoms with Crippen LogP contribution >= 0.6 is 11.3 Å². The Morgan fingerprint density at radius 3 is 2.46 bits per heavy atom. The Hall–Kier alpha value is -1.12. The van der Waals surface area contributed by atoms with Gasteiger partial charge in [0.2, 0.25) is 0 Å². The van der Waals surface area contributed by atoms with Crippen LogP contribution < -0.4 is 10.6 Å². The summed E-state index contributed by atoms with van der Waals surface area (Å²) in [6, 6.07) is 3.61. The fourth-order valence-electron chi connectivity index (χ4n) is 2.19. The summed E-state index contributed by atoms with van der Waals surface area (Å²) in [6.45, 7) is 11.2. The Balaban J connectivity index is 2.64. The number of guanidine groups is 1. The lowest BCUT2D eigenvalue weighted by atomic mass is 10.3. The highest BCUT2D eigenvalue weighted by molar-refractivity contribution is 7.91. The minimum atomic E-state index is -3.35. The van der Waals surface area contributed by atoms with Crippen LogP contribution in [0.4, 0.5) is 0 Å². The molecule has 0 fully saturated rings. The van der Waals surface area contributed by atoms with E-state index in [1.807, 2.05) is 26.8 Å². The molecule has 1 rings (SSSR count). The molecule has 0 aliphatic rings. The van der Waals surface area contributed by atoms with Crippen molar-refractivity contribution >= 4 is 27.3 Å². The number of nitrogens with zero attached hydrogens (tertiary/aromatic N) is 2. The smallest absolute Gasteiger partial charge is 0.252 e. The van der Waals surface area contributed by atoms with E-state index in [9.17, 15) is 8.42 Å². The van der Waals surface area contributed by atoms with E-state index in [-0.39, 0.29) is 0 Å². The van der Waals surface area contributed by atoms with Crippen molar-refractivity contribution < 1.29 is 8.42 Å². The number of hydrogen-bond donors (Lipinski definition) is 2. The van der Waals surface area contributed by atoms with Gasteiger partial charge in [-0.1, -0.05) is 20.8 Å². The molecule has 0 radical (unpaired) electrons. The van der Waals surface area contributed by atoms with Gasteiger partial charge in [0.25, 0.3) is 10.0 Å². The van der Waals surface area contributed by atoms with Gasteiger partial charge in [-0.05, 0) is 31.9 Å². The second kappa shape index (κ2) is 10.7. The van der Waals surface area contributed by atoms with Crippen molar-refractivity contribution in [3.8, 4) is 0 Å². The first-order valence-electron chi connectivity index (χ1n) is 8.60. The van der Waals surface area contributed by atoms with E-state index in [4.69, 9.17) is 0 Å². The van der Waals surface area contributed by atoms with Gasteiger partial charge >= 0.3 is 0 Å². The zero-order valence-electron chi connectivity index (χ0n) is 15.1. The topological polar surface area (TPSA) is 73.8 Å². The summed E-state index contributed by atoms with van der Waals surface area (Å²) >= 11 is 1.35. The van der Waals surface area contributed by atoms with Gasteiger partial charge in [-0.2, -0.15) is 4.31 Å². The number of thiophene rings is 1. The Morgan fingerprint density at radius 1 is 1.17 bits per heavy atom. The van der Waals surface area contributed by atoms with Gasteiger partial charge in [0.1, 0.15) is 4.21 Å². The molecule has 1 aromatic rings. The van der Waals surface area contributed by atoms with Gasteiger partial charge in [-0.3, -0.25) is 4.99 Å². The summed E-state index contributed by atoms with van der Waals surface area (Å²) in [6.07, 6.45) is 1.78. The molecule has 2 N–H and O–H groups in total. The average molecular weight is 375 g/mol. The number of aliphatic imine (C=N–C) groups is 1. The second-order valence-electron chi connectivity index (χ2n) is 5.25. The molecule has 0 bridgehead atoms. The zero-order chi connectivity index (χ0) is 18.0. The molecule has 0 aliphatic carbocycles. The lowest BCUT2D eigenvalue weighted by molar-refractivity contribution is 0.447. The number of nitrogens with one attached hydrogen (secondary N) is 2. The predicted octanol–water partition coefficient (Wildman–Crippen LogP) is 2.29. The van der Waals surface area contributed by atoms with Gasteiger partial charge in [0.05, 0.1) is 0 Å². The van der Waals surface area contributed by atoms with E-state index in [1.54, 1.807) is 6.07 Å².